The van der Waals surface area contributed by atoms with Crippen molar-refractivity contribution in [1.29, 1.82) is 0 Å². The van der Waals surface area contributed by atoms with Gasteiger partial charge in [0.15, 0.2) is 5.54 Å². The predicted octanol–water partition coefficient (Wildman–Crippen LogP) is 3.32. The van der Waals surface area contributed by atoms with E-state index in [0.29, 0.717) is 16.9 Å². The van der Waals surface area contributed by atoms with Gasteiger partial charge in [-0.05, 0) is 35.2 Å². The molecule has 2 N–H and O–H groups in total. The zero-order valence-corrected chi connectivity index (χ0v) is 18.2. The third-order valence-corrected chi connectivity index (χ3v) is 6.83. The van der Waals surface area contributed by atoms with Crippen molar-refractivity contribution >= 4 is 29.2 Å². The second-order valence-corrected chi connectivity index (χ2v) is 8.87. The summed E-state index contributed by atoms with van der Waals surface area (Å²) in [7, 11) is 0. The molecule has 2 aromatic carbocycles. The van der Waals surface area contributed by atoms with Crippen molar-refractivity contribution in [1.82, 2.24) is 15.5 Å². The molecule has 1 saturated heterocycles. The largest absolute Gasteiger partial charge is 0.493 e. The molecule has 2 aliphatic heterocycles. The van der Waals surface area contributed by atoms with Crippen molar-refractivity contribution in [2.24, 2.45) is 0 Å². The summed E-state index contributed by atoms with van der Waals surface area (Å²) in [4.78, 5) is 40.9. The number of para-hydroxylation sites is 1. The number of carbonyl (C=O) groups excluding carboxylic acids is 3. The molecule has 33 heavy (non-hydrogen) atoms. The third-order valence-electron chi connectivity index (χ3n) is 5.90. The topological polar surface area (TPSA) is 87.7 Å². The molecule has 2 aliphatic rings. The highest BCUT2D eigenvalue weighted by molar-refractivity contribution is 7.10. The van der Waals surface area contributed by atoms with Gasteiger partial charge in [0, 0.05) is 16.9 Å². The van der Waals surface area contributed by atoms with Crippen molar-refractivity contribution in [3.63, 3.8) is 0 Å². The number of nitrogens with one attached hydrogen (secondary N) is 2. The first-order valence-corrected chi connectivity index (χ1v) is 11.3. The highest BCUT2D eigenvalue weighted by atomic mass is 32.1. The number of halogens is 1. The van der Waals surface area contributed by atoms with Crippen LogP contribution in [0.25, 0.3) is 0 Å². The van der Waals surface area contributed by atoms with Crippen molar-refractivity contribution < 1.29 is 23.5 Å². The molecule has 3 aromatic rings. The summed E-state index contributed by atoms with van der Waals surface area (Å²) in [6, 6.07) is 15.5. The van der Waals surface area contributed by atoms with Gasteiger partial charge in [-0.1, -0.05) is 36.4 Å². The van der Waals surface area contributed by atoms with E-state index in [0.717, 1.165) is 9.78 Å². The SMILES string of the molecule is O=C(CN1C(=O)N[C@@]2(CCOc3ccccc32)C1=O)N[C@H](c1ccc(F)cc1)c1cccs1. The quantitative estimate of drug-likeness (QED) is 0.566. The molecule has 1 fully saturated rings. The average molecular weight is 466 g/mol. The zero-order chi connectivity index (χ0) is 23.0. The van der Waals surface area contributed by atoms with Crippen LogP contribution in [0.1, 0.15) is 28.5 Å². The summed E-state index contributed by atoms with van der Waals surface area (Å²) < 4.78 is 19.0. The van der Waals surface area contributed by atoms with Gasteiger partial charge in [0.25, 0.3) is 5.91 Å². The molecule has 7 nitrogen and oxygen atoms in total. The fourth-order valence-electron chi connectivity index (χ4n) is 4.30. The molecule has 1 aromatic heterocycles. The predicted molar refractivity (Wildman–Crippen MR) is 119 cm³/mol. The molecule has 168 valence electrons. The van der Waals surface area contributed by atoms with Crippen LogP contribution in [0.2, 0.25) is 0 Å². The lowest BCUT2D eigenvalue weighted by molar-refractivity contribution is -0.136. The van der Waals surface area contributed by atoms with E-state index in [-0.39, 0.29) is 18.8 Å². The minimum atomic E-state index is -1.24. The third kappa shape index (κ3) is 3.74. The van der Waals surface area contributed by atoms with Crippen molar-refractivity contribution in [3.8, 4) is 5.75 Å². The minimum absolute atomic E-state index is 0.272. The lowest BCUT2D eigenvalue weighted by atomic mass is 9.84. The van der Waals surface area contributed by atoms with Crippen LogP contribution in [0.3, 0.4) is 0 Å². The van der Waals surface area contributed by atoms with Crippen LogP contribution >= 0.6 is 11.3 Å². The Kier molecular flexibility index (Phi) is 5.33. The standard InChI is InChI=1S/C24H20FN3O4S/c25-16-9-7-15(8-10-16)21(19-6-3-13-33-19)26-20(29)14-28-22(30)24(27-23(28)31)11-12-32-18-5-2-1-4-17(18)24/h1-10,13,21H,11-12,14H2,(H,26,29)(H,27,31)/t21-,24-/m1/s1. The lowest BCUT2D eigenvalue weighted by Crippen LogP contribution is -2.48. The molecule has 5 rings (SSSR count). The molecule has 0 bridgehead atoms. The Bertz CT molecular complexity index is 1210. The summed E-state index contributed by atoms with van der Waals surface area (Å²) in [6.45, 7) is -0.160. The Hall–Kier alpha value is -3.72. The first-order valence-electron chi connectivity index (χ1n) is 10.4. The molecule has 2 atom stereocenters. The maximum Gasteiger partial charge on any atom is 0.325 e. The maximum atomic E-state index is 13.4. The number of rotatable bonds is 5. The number of hydrogen-bond donors (Lipinski definition) is 2. The fraction of sp³-hybridized carbons (Fsp3) is 0.208. The highest BCUT2D eigenvalue weighted by Crippen LogP contribution is 2.41. The smallest absolute Gasteiger partial charge is 0.325 e. The van der Waals surface area contributed by atoms with Crippen LogP contribution in [0.4, 0.5) is 9.18 Å². The number of imide groups is 1. The Morgan fingerprint density at radius 3 is 2.70 bits per heavy atom. The lowest BCUT2D eigenvalue weighted by Gasteiger charge is -2.33. The Morgan fingerprint density at radius 1 is 1.15 bits per heavy atom. The molecule has 0 aliphatic carbocycles. The zero-order valence-electron chi connectivity index (χ0n) is 17.4. The van der Waals surface area contributed by atoms with Crippen molar-refractivity contribution in [2.45, 2.75) is 18.0 Å². The second kappa shape index (κ2) is 8.32. The molecule has 0 saturated carbocycles. The summed E-state index contributed by atoms with van der Waals surface area (Å²) >= 11 is 1.44. The fourth-order valence-corrected chi connectivity index (χ4v) is 5.10. The summed E-state index contributed by atoms with van der Waals surface area (Å²) in [6.07, 6.45) is 0.278. The Balaban J connectivity index is 1.37. The number of amides is 4. The number of nitrogens with zero attached hydrogens (tertiary/aromatic N) is 1. The molecule has 9 heteroatoms. The van der Waals surface area contributed by atoms with Gasteiger partial charge >= 0.3 is 6.03 Å². The number of hydrogen-bond acceptors (Lipinski definition) is 5. The summed E-state index contributed by atoms with van der Waals surface area (Å²) in [5.74, 6) is -0.819. The van der Waals surface area contributed by atoms with Crippen LogP contribution in [0, 0.1) is 5.82 Å². The molecule has 1 spiro atoms. The van der Waals surface area contributed by atoms with E-state index in [1.165, 1.54) is 23.5 Å². The van der Waals surface area contributed by atoms with Crippen molar-refractivity contribution in [2.75, 3.05) is 13.2 Å². The molecule has 4 amide bonds. The van der Waals surface area contributed by atoms with Crippen LogP contribution in [-0.4, -0.2) is 35.9 Å². The van der Waals surface area contributed by atoms with E-state index in [9.17, 15) is 18.8 Å². The molecule has 3 heterocycles. The van der Waals surface area contributed by atoms with Crippen LogP contribution in [-0.2, 0) is 15.1 Å². The van der Waals surface area contributed by atoms with Gasteiger partial charge in [0.05, 0.1) is 12.6 Å². The Labute approximate surface area is 193 Å². The number of carbonyl (C=O) groups is 3. The van der Waals surface area contributed by atoms with Gasteiger partial charge in [-0.15, -0.1) is 11.3 Å². The van der Waals surface area contributed by atoms with Crippen LogP contribution in [0.5, 0.6) is 5.75 Å². The number of benzene rings is 2. The van der Waals surface area contributed by atoms with E-state index in [1.807, 2.05) is 17.5 Å². The first-order chi connectivity index (χ1) is 16.0. The van der Waals surface area contributed by atoms with Gasteiger partial charge < -0.3 is 15.4 Å². The summed E-state index contributed by atoms with van der Waals surface area (Å²) in [5.41, 5.74) is 0.0376. The number of urea groups is 1. The monoisotopic (exact) mass is 465 g/mol. The van der Waals surface area contributed by atoms with Gasteiger partial charge in [0.2, 0.25) is 5.91 Å². The molecular formula is C24H20FN3O4S. The van der Waals surface area contributed by atoms with Gasteiger partial charge in [0.1, 0.15) is 18.1 Å². The van der Waals surface area contributed by atoms with E-state index >= 15 is 0 Å². The maximum absolute atomic E-state index is 13.4. The normalized spacial score (nSPS) is 20.2. The molecule has 0 radical (unpaired) electrons. The van der Waals surface area contributed by atoms with E-state index in [1.54, 1.807) is 36.4 Å². The molecule has 0 unspecified atom stereocenters. The van der Waals surface area contributed by atoms with Crippen LogP contribution in [0.15, 0.2) is 66.0 Å². The van der Waals surface area contributed by atoms with E-state index < -0.39 is 36.0 Å². The second-order valence-electron chi connectivity index (χ2n) is 7.89. The number of fused-ring (bicyclic) bond motifs is 2. The van der Waals surface area contributed by atoms with Gasteiger partial charge in [-0.2, -0.15) is 0 Å². The van der Waals surface area contributed by atoms with E-state index in [2.05, 4.69) is 10.6 Å². The van der Waals surface area contributed by atoms with Gasteiger partial charge in [-0.25, -0.2) is 9.18 Å². The number of thiophene rings is 1. The number of ether oxygens (including phenoxy) is 1. The summed E-state index contributed by atoms with van der Waals surface area (Å²) in [5, 5.41) is 7.55. The average Bonchev–Trinajstić information content (AvgIpc) is 3.43. The Morgan fingerprint density at radius 2 is 1.94 bits per heavy atom. The first kappa shape index (κ1) is 21.1. The van der Waals surface area contributed by atoms with Crippen molar-refractivity contribution in [3.05, 3.63) is 87.9 Å². The van der Waals surface area contributed by atoms with Crippen LogP contribution < -0.4 is 15.4 Å². The van der Waals surface area contributed by atoms with E-state index in [4.69, 9.17) is 4.74 Å². The molecular weight excluding hydrogens is 445 g/mol. The highest BCUT2D eigenvalue weighted by Gasteiger charge is 2.55. The van der Waals surface area contributed by atoms with Gasteiger partial charge in [-0.3, -0.25) is 14.5 Å². The minimum Gasteiger partial charge on any atom is -0.493 e.